The SMILES string of the molecule is CC(C)(C)c1c[nH]c(=S)n1CCCC1CC1. The predicted octanol–water partition coefficient (Wildman–Crippen LogP) is 4.03. The van der Waals surface area contributed by atoms with Crippen LogP contribution in [-0.4, -0.2) is 9.55 Å². The van der Waals surface area contributed by atoms with E-state index >= 15 is 0 Å². The fourth-order valence-corrected chi connectivity index (χ4v) is 2.43. The third kappa shape index (κ3) is 2.76. The Morgan fingerprint density at radius 1 is 1.44 bits per heavy atom. The number of aromatic nitrogens is 2. The second-order valence-corrected chi connectivity index (χ2v) is 6.35. The lowest BCUT2D eigenvalue weighted by atomic mass is 9.92. The normalized spacial score (nSPS) is 16.7. The molecule has 2 rings (SSSR count). The zero-order valence-electron chi connectivity index (χ0n) is 10.5. The minimum atomic E-state index is 0.174. The number of aromatic amines is 1. The standard InChI is InChI=1S/C13H22N2S/c1-13(2,3)11-9-14-12(16)15(11)8-4-5-10-6-7-10/h9-10H,4-8H2,1-3H3,(H,14,16). The van der Waals surface area contributed by atoms with E-state index in [4.69, 9.17) is 12.2 Å². The van der Waals surface area contributed by atoms with Crippen molar-refractivity contribution in [3.8, 4) is 0 Å². The Bertz CT molecular complexity index is 404. The molecule has 16 heavy (non-hydrogen) atoms. The molecular formula is C13H22N2S. The second-order valence-electron chi connectivity index (χ2n) is 5.97. The van der Waals surface area contributed by atoms with Crippen molar-refractivity contribution in [2.45, 2.75) is 58.4 Å². The molecule has 2 nitrogen and oxygen atoms in total. The van der Waals surface area contributed by atoms with Crippen LogP contribution in [-0.2, 0) is 12.0 Å². The van der Waals surface area contributed by atoms with Gasteiger partial charge in [0.15, 0.2) is 4.77 Å². The quantitative estimate of drug-likeness (QED) is 0.785. The van der Waals surface area contributed by atoms with Crippen molar-refractivity contribution >= 4 is 12.2 Å². The molecular weight excluding hydrogens is 216 g/mol. The summed E-state index contributed by atoms with van der Waals surface area (Å²) in [4.78, 5) is 3.18. The number of nitrogens with one attached hydrogen (secondary N) is 1. The van der Waals surface area contributed by atoms with Gasteiger partial charge in [-0.2, -0.15) is 0 Å². The number of hydrogen-bond acceptors (Lipinski definition) is 1. The minimum absolute atomic E-state index is 0.174. The lowest BCUT2D eigenvalue weighted by molar-refractivity contribution is 0.491. The lowest BCUT2D eigenvalue weighted by Crippen LogP contribution is -2.17. The number of H-pyrrole nitrogens is 1. The van der Waals surface area contributed by atoms with Crippen molar-refractivity contribution < 1.29 is 0 Å². The van der Waals surface area contributed by atoms with Crippen LogP contribution in [0.15, 0.2) is 6.20 Å². The first-order valence-corrected chi connectivity index (χ1v) is 6.68. The van der Waals surface area contributed by atoms with Gasteiger partial charge in [-0.05, 0) is 31.0 Å². The number of rotatable bonds is 4. The molecule has 0 bridgehead atoms. The monoisotopic (exact) mass is 238 g/mol. The van der Waals surface area contributed by atoms with Gasteiger partial charge < -0.3 is 9.55 Å². The Balaban J connectivity index is 2.05. The van der Waals surface area contributed by atoms with Crippen LogP contribution in [0.2, 0.25) is 0 Å². The van der Waals surface area contributed by atoms with Crippen LogP contribution in [0.5, 0.6) is 0 Å². The van der Waals surface area contributed by atoms with E-state index in [1.54, 1.807) is 0 Å². The van der Waals surface area contributed by atoms with Crippen molar-refractivity contribution in [1.82, 2.24) is 9.55 Å². The van der Waals surface area contributed by atoms with E-state index in [0.717, 1.165) is 17.2 Å². The van der Waals surface area contributed by atoms with Crippen LogP contribution in [0, 0.1) is 10.7 Å². The molecule has 1 aromatic rings. The van der Waals surface area contributed by atoms with Crippen molar-refractivity contribution in [3.05, 3.63) is 16.7 Å². The molecule has 1 fully saturated rings. The average Bonchev–Trinajstić information content (AvgIpc) is 2.90. The molecule has 1 saturated carbocycles. The first kappa shape index (κ1) is 11.9. The summed E-state index contributed by atoms with van der Waals surface area (Å²) in [6.45, 7) is 7.79. The predicted molar refractivity (Wildman–Crippen MR) is 70.3 cm³/mol. The van der Waals surface area contributed by atoms with Crippen molar-refractivity contribution in [3.63, 3.8) is 0 Å². The summed E-state index contributed by atoms with van der Waals surface area (Å²) in [6.07, 6.45) is 7.60. The Kier molecular flexibility index (Phi) is 3.24. The molecule has 0 atom stereocenters. The van der Waals surface area contributed by atoms with Crippen LogP contribution < -0.4 is 0 Å². The van der Waals surface area contributed by atoms with Gasteiger partial charge in [0, 0.05) is 23.9 Å². The van der Waals surface area contributed by atoms with Crippen LogP contribution in [0.4, 0.5) is 0 Å². The fourth-order valence-electron chi connectivity index (χ4n) is 2.18. The highest BCUT2D eigenvalue weighted by molar-refractivity contribution is 7.71. The molecule has 0 aliphatic heterocycles. The van der Waals surface area contributed by atoms with E-state index in [1.165, 1.54) is 31.4 Å². The number of hydrogen-bond donors (Lipinski definition) is 1. The van der Waals surface area contributed by atoms with Gasteiger partial charge in [-0.15, -0.1) is 0 Å². The van der Waals surface area contributed by atoms with Gasteiger partial charge in [0.1, 0.15) is 0 Å². The van der Waals surface area contributed by atoms with Gasteiger partial charge in [-0.1, -0.05) is 33.6 Å². The maximum absolute atomic E-state index is 5.34. The minimum Gasteiger partial charge on any atom is -0.337 e. The van der Waals surface area contributed by atoms with E-state index in [1.807, 2.05) is 0 Å². The van der Waals surface area contributed by atoms with Crippen LogP contribution in [0.25, 0.3) is 0 Å². The van der Waals surface area contributed by atoms with Gasteiger partial charge >= 0.3 is 0 Å². The lowest BCUT2D eigenvalue weighted by Gasteiger charge is -2.20. The van der Waals surface area contributed by atoms with Crippen LogP contribution in [0.1, 0.15) is 52.1 Å². The van der Waals surface area contributed by atoms with Gasteiger partial charge in [-0.3, -0.25) is 0 Å². The average molecular weight is 238 g/mol. The Morgan fingerprint density at radius 2 is 2.12 bits per heavy atom. The van der Waals surface area contributed by atoms with E-state index in [-0.39, 0.29) is 5.41 Å². The van der Waals surface area contributed by atoms with Crippen molar-refractivity contribution in [2.24, 2.45) is 5.92 Å². The third-order valence-electron chi connectivity index (χ3n) is 3.33. The summed E-state index contributed by atoms with van der Waals surface area (Å²) >= 11 is 5.34. The highest BCUT2D eigenvalue weighted by Gasteiger charge is 2.22. The van der Waals surface area contributed by atoms with E-state index < -0.39 is 0 Å². The molecule has 1 heterocycles. The van der Waals surface area contributed by atoms with Crippen LogP contribution in [0.3, 0.4) is 0 Å². The molecule has 0 amide bonds. The summed E-state index contributed by atoms with van der Waals surface area (Å²) in [5.74, 6) is 1.02. The van der Waals surface area contributed by atoms with E-state index in [2.05, 4.69) is 36.5 Å². The Labute approximate surface area is 103 Å². The molecule has 1 N–H and O–H groups in total. The van der Waals surface area contributed by atoms with Gasteiger partial charge in [0.25, 0.3) is 0 Å². The zero-order chi connectivity index (χ0) is 11.8. The van der Waals surface area contributed by atoms with E-state index in [0.29, 0.717) is 0 Å². The zero-order valence-corrected chi connectivity index (χ0v) is 11.4. The topological polar surface area (TPSA) is 20.7 Å². The molecule has 0 radical (unpaired) electrons. The summed E-state index contributed by atoms with van der Waals surface area (Å²) in [5, 5.41) is 0. The summed E-state index contributed by atoms with van der Waals surface area (Å²) in [6, 6.07) is 0. The highest BCUT2D eigenvalue weighted by atomic mass is 32.1. The Morgan fingerprint density at radius 3 is 2.69 bits per heavy atom. The molecule has 1 aliphatic rings. The first-order chi connectivity index (χ1) is 7.48. The smallest absolute Gasteiger partial charge is 0.177 e. The molecule has 90 valence electrons. The molecule has 3 heteroatoms. The van der Waals surface area contributed by atoms with Gasteiger partial charge in [0.2, 0.25) is 0 Å². The maximum atomic E-state index is 5.34. The van der Waals surface area contributed by atoms with E-state index in [9.17, 15) is 0 Å². The van der Waals surface area contributed by atoms with Crippen molar-refractivity contribution in [1.29, 1.82) is 0 Å². The fraction of sp³-hybridized carbons (Fsp3) is 0.769. The summed E-state index contributed by atoms with van der Waals surface area (Å²) < 4.78 is 3.15. The maximum Gasteiger partial charge on any atom is 0.177 e. The molecule has 0 unspecified atom stereocenters. The molecule has 0 aromatic carbocycles. The molecule has 1 aliphatic carbocycles. The van der Waals surface area contributed by atoms with Crippen molar-refractivity contribution in [2.75, 3.05) is 0 Å². The number of imidazole rings is 1. The number of nitrogens with zero attached hydrogens (tertiary/aromatic N) is 1. The summed E-state index contributed by atoms with van der Waals surface area (Å²) in [5.41, 5.74) is 1.50. The largest absolute Gasteiger partial charge is 0.337 e. The molecule has 0 spiro atoms. The second kappa shape index (κ2) is 4.36. The molecule has 1 aromatic heterocycles. The van der Waals surface area contributed by atoms with Gasteiger partial charge in [0.05, 0.1) is 0 Å². The summed E-state index contributed by atoms with van der Waals surface area (Å²) in [7, 11) is 0. The first-order valence-electron chi connectivity index (χ1n) is 6.27. The van der Waals surface area contributed by atoms with Crippen LogP contribution >= 0.6 is 12.2 Å². The van der Waals surface area contributed by atoms with Gasteiger partial charge in [-0.25, -0.2) is 0 Å². The highest BCUT2D eigenvalue weighted by Crippen LogP contribution is 2.33. The Hall–Kier alpha value is -0.570. The molecule has 0 saturated heterocycles. The third-order valence-corrected chi connectivity index (χ3v) is 3.67.